The number of morpholine rings is 1. The normalized spacial score (nSPS) is 19.9. The number of nitrogens with zero attached hydrogens (tertiary/aromatic N) is 1. The lowest BCUT2D eigenvalue weighted by Crippen LogP contribution is -2.48. The summed E-state index contributed by atoms with van der Waals surface area (Å²) >= 11 is 0. The van der Waals surface area contributed by atoms with Gasteiger partial charge in [0.15, 0.2) is 0 Å². The van der Waals surface area contributed by atoms with E-state index in [1.165, 1.54) is 12.1 Å². The molecule has 2 N–H and O–H groups in total. The summed E-state index contributed by atoms with van der Waals surface area (Å²) in [7, 11) is 0. The van der Waals surface area contributed by atoms with Crippen molar-refractivity contribution in [2.75, 3.05) is 26.2 Å². The van der Waals surface area contributed by atoms with Crippen molar-refractivity contribution in [3.63, 3.8) is 0 Å². The number of aryl methyl sites for hydroxylation is 1. The van der Waals surface area contributed by atoms with E-state index in [-0.39, 0.29) is 17.8 Å². The average molecular weight is 252 g/mol. The zero-order chi connectivity index (χ0) is 13.1. The fourth-order valence-corrected chi connectivity index (χ4v) is 2.09. The van der Waals surface area contributed by atoms with E-state index in [1.807, 2.05) is 0 Å². The van der Waals surface area contributed by atoms with Gasteiger partial charge >= 0.3 is 0 Å². The van der Waals surface area contributed by atoms with Crippen LogP contribution in [0, 0.1) is 12.7 Å². The SMILES string of the molecule is Cc1cc(F)cc(C(=O)N2CCOC(CN)C2)c1. The van der Waals surface area contributed by atoms with Gasteiger partial charge in [0.2, 0.25) is 0 Å². The number of amides is 1. The number of benzene rings is 1. The van der Waals surface area contributed by atoms with Gasteiger partial charge < -0.3 is 15.4 Å². The van der Waals surface area contributed by atoms with Crippen molar-refractivity contribution in [1.82, 2.24) is 4.90 Å². The largest absolute Gasteiger partial charge is 0.373 e. The summed E-state index contributed by atoms with van der Waals surface area (Å²) in [6.07, 6.45) is -0.127. The molecule has 1 aromatic rings. The Morgan fingerprint density at radius 2 is 2.33 bits per heavy atom. The number of nitrogens with two attached hydrogens (primary N) is 1. The molecular weight excluding hydrogens is 235 g/mol. The molecule has 0 spiro atoms. The highest BCUT2D eigenvalue weighted by atomic mass is 19.1. The highest BCUT2D eigenvalue weighted by Crippen LogP contribution is 2.13. The van der Waals surface area contributed by atoms with Crippen molar-refractivity contribution in [1.29, 1.82) is 0 Å². The molecule has 1 unspecified atom stereocenters. The van der Waals surface area contributed by atoms with Gasteiger partial charge in [-0.25, -0.2) is 4.39 Å². The topological polar surface area (TPSA) is 55.6 Å². The van der Waals surface area contributed by atoms with Crippen LogP contribution in [0.1, 0.15) is 15.9 Å². The van der Waals surface area contributed by atoms with Crippen LogP contribution in [0.2, 0.25) is 0 Å². The van der Waals surface area contributed by atoms with Crippen LogP contribution < -0.4 is 5.73 Å². The van der Waals surface area contributed by atoms with Crippen molar-refractivity contribution in [2.45, 2.75) is 13.0 Å². The van der Waals surface area contributed by atoms with Crippen LogP contribution in [0.5, 0.6) is 0 Å². The fourth-order valence-electron chi connectivity index (χ4n) is 2.09. The Hall–Kier alpha value is -1.46. The van der Waals surface area contributed by atoms with Crippen LogP contribution in [-0.4, -0.2) is 43.2 Å². The van der Waals surface area contributed by atoms with Crippen LogP contribution in [0.15, 0.2) is 18.2 Å². The minimum absolute atomic E-state index is 0.127. The lowest BCUT2D eigenvalue weighted by Gasteiger charge is -2.32. The molecule has 5 heteroatoms. The molecule has 1 amide bonds. The second-order valence-electron chi connectivity index (χ2n) is 4.50. The standard InChI is InChI=1S/C13H17FN2O2/c1-9-4-10(6-11(14)5-9)13(17)16-2-3-18-12(7-15)8-16/h4-6,12H,2-3,7-8,15H2,1H3. The summed E-state index contributed by atoms with van der Waals surface area (Å²) in [6, 6.07) is 4.36. The Morgan fingerprint density at radius 3 is 3.00 bits per heavy atom. The maximum atomic E-state index is 13.3. The minimum Gasteiger partial charge on any atom is -0.373 e. The highest BCUT2D eigenvalue weighted by molar-refractivity contribution is 5.94. The Morgan fingerprint density at radius 1 is 1.56 bits per heavy atom. The summed E-state index contributed by atoms with van der Waals surface area (Å²) < 4.78 is 18.7. The Balaban J connectivity index is 2.15. The molecule has 98 valence electrons. The van der Waals surface area contributed by atoms with Crippen LogP contribution in [0.4, 0.5) is 4.39 Å². The lowest BCUT2D eigenvalue weighted by atomic mass is 10.1. The van der Waals surface area contributed by atoms with E-state index in [1.54, 1.807) is 17.9 Å². The fraction of sp³-hybridized carbons (Fsp3) is 0.462. The second-order valence-corrected chi connectivity index (χ2v) is 4.50. The third-order valence-corrected chi connectivity index (χ3v) is 2.98. The molecule has 0 aliphatic carbocycles. The number of hydrogen-bond donors (Lipinski definition) is 1. The first kappa shape index (κ1) is 13.0. The van der Waals surface area contributed by atoms with E-state index < -0.39 is 0 Å². The number of halogens is 1. The Bertz CT molecular complexity index is 430. The van der Waals surface area contributed by atoms with Gasteiger partial charge in [0.1, 0.15) is 5.82 Å². The highest BCUT2D eigenvalue weighted by Gasteiger charge is 2.24. The van der Waals surface area contributed by atoms with Crippen molar-refractivity contribution in [2.24, 2.45) is 5.73 Å². The van der Waals surface area contributed by atoms with Gasteiger partial charge in [-0.3, -0.25) is 4.79 Å². The van der Waals surface area contributed by atoms with Crippen LogP contribution in [-0.2, 0) is 4.74 Å². The molecule has 0 bridgehead atoms. The smallest absolute Gasteiger partial charge is 0.254 e. The number of carbonyl (C=O) groups is 1. The molecule has 18 heavy (non-hydrogen) atoms. The maximum Gasteiger partial charge on any atom is 0.254 e. The number of carbonyl (C=O) groups excluding carboxylic acids is 1. The number of hydrogen-bond acceptors (Lipinski definition) is 3. The summed E-state index contributed by atoms with van der Waals surface area (Å²) in [5.74, 6) is -0.554. The maximum absolute atomic E-state index is 13.3. The van der Waals surface area contributed by atoms with E-state index in [0.717, 1.165) is 5.56 Å². The van der Waals surface area contributed by atoms with Gasteiger partial charge in [0, 0.05) is 25.2 Å². The molecule has 1 saturated heterocycles. The summed E-state index contributed by atoms with van der Waals surface area (Å²) in [4.78, 5) is 13.9. The zero-order valence-electron chi connectivity index (χ0n) is 10.4. The monoisotopic (exact) mass is 252 g/mol. The summed E-state index contributed by atoms with van der Waals surface area (Å²) in [5.41, 5.74) is 6.65. The Kier molecular flexibility index (Phi) is 3.93. The van der Waals surface area contributed by atoms with E-state index in [4.69, 9.17) is 10.5 Å². The van der Waals surface area contributed by atoms with Gasteiger partial charge in [-0.1, -0.05) is 0 Å². The van der Waals surface area contributed by atoms with Crippen LogP contribution >= 0.6 is 0 Å². The molecule has 1 aliphatic heterocycles. The quantitative estimate of drug-likeness (QED) is 0.852. The van der Waals surface area contributed by atoms with E-state index in [2.05, 4.69) is 0 Å². The molecule has 0 saturated carbocycles. The Labute approximate surface area is 106 Å². The first-order chi connectivity index (χ1) is 8.60. The predicted molar refractivity (Wildman–Crippen MR) is 65.8 cm³/mol. The molecule has 0 aromatic heterocycles. The average Bonchev–Trinajstić information content (AvgIpc) is 2.37. The third-order valence-electron chi connectivity index (χ3n) is 2.98. The lowest BCUT2D eigenvalue weighted by molar-refractivity contribution is -0.0167. The van der Waals surface area contributed by atoms with Crippen LogP contribution in [0.25, 0.3) is 0 Å². The summed E-state index contributed by atoms with van der Waals surface area (Å²) in [6.45, 7) is 3.60. The van der Waals surface area contributed by atoms with Gasteiger partial charge in [-0.2, -0.15) is 0 Å². The molecular formula is C13H17FN2O2. The predicted octanol–water partition coefficient (Wildman–Crippen LogP) is 0.934. The van der Waals surface area contributed by atoms with Gasteiger partial charge in [0.25, 0.3) is 5.91 Å². The third kappa shape index (κ3) is 2.86. The van der Waals surface area contributed by atoms with E-state index in [0.29, 0.717) is 31.8 Å². The summed E-state index contributed by atoms with van der Waals surface area (Å²) in [5, 5.41) is 0. The first-order valence-electron chi connectivity index (χ1n) is 5.98. The molecule has 1 aromatic carbocycles. The molecule has 1 heterocycles. The zero-order valence-corrected chi connectivity index (χ0v) is 10.4. The second kappa shape index (κ2) is 5.46. The van der Waals surface area contributed by atoms with Crippen LogP contribution in [0.3, 0.4) is 0 Å². The van der Waals surface area contributed by atoms with Gasteiger partial charge in [0.05, 0.1) is 12.7 Å². The van der Waals surface area contributed by atoms with Gasteiger partial charge in [-0.15, -0.1) is 0 Å². The van der Waals surface area contributed by atoms with E-state index in [9.17, 15) is 9.18 Å². The molecule has 1 fully saturated rings. The number of rotatable bonds is 2. The first-order valence-corrected chi connectivity index (χ1v) is 5.98. The molecule has 1 aliphatic rings. The number of ether oxygens (including phenoxy) is 1. The van der Waals surface area contributed by atoms with E-state index >= 15 is 0 Å². The van der Waals surface area contributed by atoms with Crippen molar-refractivity contribution in [3.8, 4) is 0 Å². The molecule has 0 radical (unpaired) electrons. The molecule has 4 nitrogen and oxygen atoms in total. The van der Waals surface area contributed by atoms with Crippen molar-refractivity contribution in [3.05, 3.63) is 35.1 Å². The minimum atomic E-state index is -0.387. The molecule has 2 rings (SSSR count). The van der Waals surface area contributed by atoms with Crippen molar-refractivity contribution >= 4 is 5.91 Å². The van der Waals surface area contributed by atoms with Crippen molar-refractivity contribution < 1.29 is 13.9 Å². The molecule has 1 atom stereocenters. The van der Waals surface area contributed by atoms with Gasteiger partial charge in [-0.05, 0) is 30.7 Å².